The first-order chi connectivity index (χ1) is 9.49. The molecule has 0 amide bonds. The van der Waals surface area contributed by atoms with Crippen LogP contribution in [0.1, 0.15) is 17.0 Å². The van der Waals surface area contributed by atoms with Gasteiger partial charge in [0.15, 0.2) is 11.0 Å². The van der Waals surface area contributed by atoms with E-state index in [4.69, 9.17) is 22.5 Å². The molecule has 0 bridgehead atoms. The zero-order chi connectivity index (χ0) is 14.7. The molecule has 0 unspecified atom stereocenters. The smallest absolute Gasteiger partial charge is 0.192 e. The molecule has 2 aromatic rings. The highest BCUT2D eigenvalue weighted by molar-refractivity contribution is 7.99. The summed E-state index contributed by atoms with van der Waals surface area (Å²) in [4.78, 5) is 9.48. The van der Waals surface area contributed by atoms with Crippen molar-refractivity contribution in [2.45, 2.75) is 23.9 Å². The summed E-state index contributed by atoms with van der Waals surface area (Å²) in [5.74, 6) is -0.000579. The SMILES string of the molecule is Cc1cc(C)nc(Sc2ccc(Cl)cc2C(N)=NO)n1. The van der Waals surface area contributed by atoms with Gasteiger partial charge >= 0.3 is 0 Å². The third-order valence-corrected chi connectivity index (χ3v) is 3.66. The number of nitrogens with zero attached hydrogens (tertiary/aromatic N) is 3. The first-order valence-corrected chi connectivity index (χ1v) is 6.96. The molecule has 2 rings (SSSR count). The molecule has 0 aliphatic rings. The normalized spacial score (nSPS) is 11.7. The molecule has 0 saturated heterocycles. The van der Waals surface area contributed by atoms with E-state index in [1.54, 1.807) is 18.2 Å². The number of rotatable bonds is 3. The molecule has 20 heavy (non-hydrogen) atoms. The zero-order valence-electron chi connectivity index (χ0n) is 11.0. The van der Waals surface area contributed by atoms with Gasteiger partial charge in [-0.2, -0.15) is 0 Å². The summed E-state index contributed by atoms with van der Waals surface area (Å²) in [5.41, 5.74) is 7.99. The zero-order valence-corrected chi connectivity index (χ0v) is 12.5. The van der Waals surface area contributed by atoms with Crippen LogP contribution >= 0.6 is 23.4 Å². The minimum absolute atomic E-state index is 0.000579. The number of halogens is 1. The monoisotopic (exact) mass is 308 g/mol. The average molecular weight is 309 g/mol. The van der Waals surface area contributed by atoms with Crippen LogP contribution in [0.15, 0.2) is 39.5 Å². The highest BCUT2D eigenvalue weighted by atomic mass is 35.5. The van der Waals surface area contributed by atoms with Crippen molar-refractivity contribution in [3.05, 3.63) is 46.2 Å². The van der Waals surface area contributed by atoms with E-state index in [1.807, 2.05) is 19.9 Å². The summed E-state index contributed by atoms with van der Waals surface area (Å²) in [6.45, 7) is 3.82. The molecule has 0 radical (unpaired) electrons. The Hall–Kier alpha value is -1.79. The van der Waals surface area contributed by atoms with Gasteiger partial charge in [0.2, 0.25) is 0 Å². The van der Waals surface area contributed by atoms with E-state index in [0.717, 1.165) is 16.3 Å². The number of hydrogen-bond donors (Lipinski definition) is 2. The Labute approximate surface area is 125 Å². The molecule has 1 heterocycles. The summed E-state index contributed by atoms with van der Waals surface area (Å²) in [7, 11) is 0. The molecule has 0 aliphatic heterocycles. The molecule has 0 spiro atoms. The van der Waals surface area contributed by atoms with Crippen LogP contribution in [0, 0.1) is 13.8 Å². The molecular formula is C13H13ClN4OS. The van der Waals surface area contributed by atoms with Crippen molar-refractivity contribution in [1.29, 1.82) is 0 Å². The Morgan fingerprint density at radius 3 is 2.50 bits per heavy atom. The van der Waals surface area contributed by atoms with E-state index in [2.05, 4.69) is 15.1 Å². The minimum atomic E-state index is -0.000579. The van der Waals surface area contributed by atoms with Crippen LogP contribution in [0.4, 0.5) is 0 Å². The second-order valence-corrected chi connectivity index (χ2v) is 5.61. The highest BCUT2D eigenvalue weighted by Crippen LogP contribution is 2.30. The van der Waals surface area contributed by atoms with Gasteiger partial charge in [0.1, 0.15) is 0 Å². The van der Waals surface area contributed by atoms with Crippen molar-refractivity contribution in [1.82, 2.24) is 9.97 Å². The van der Waals surface area contributed by atoms with Crippen molar-refractivity contribution in [3.8, 4) is 0 Å². The molecule has 0 saturated carbocycles. The van der Waals surface area contributed by atoms with Crippen LogP contribution in [-0.2, 0) is 0 Å². The van der Waals surface area contributed by atoms with Crippen molar-refractivity contribution in [2.24, 2.45) is 10.9 Å². The average Bonchev–Trinajstić information content (AvgIpc) is 2.38. The summed E-state index contributed by atoms with van der Waals surface area (Å²) in [6.07, 6.45) is 0. The molecule has 0 atom stereocenters. The lowest BCUT2D eigenvalue weighted by Crippen LogP contribution is -2.14. The number of aromatic nitrogens is 2. The van der Waals surface area contributed by atoms with Gasteiger partial charge in [0.25, 0.3) is 0 Å². The minimum Gasteiger partial charge on any atom is -0.409 e. The van der Waals surface area contributed by atoms with E-state index >= 15 is 0 Å². The topological polar surface area (TPSA) is 84.4 Å². The van der Waals surface area contributed by atoms with Crippen molar-refractivity contribution in [3.63, 3.8) is 0 Å². The van der Waals surface area contributed by atoms with Gasteiger partial charge < -0.3 is 10.9 Å². The fourth-order valence-corrected chi connectivity index (χ4v) is 2.84. The number of oxime groups is 1. The number of benzene rings is 1. The number of aryl methyl sites for hydroxylation is 2. The second kappa shape index (κ2) is 6.11. The quantitative estimate of drug-likeness (QED) is 0.299. The van der Waals surface area contributed by atoms with Crippen molar-refractivity contribution >= 4 is 29.2 Å². The fourth-order valence-electron chi connectivity index (χ4n) is 1.68. The third kappa shape index (κ3) is 3.40. The number of amidine groups is 1. The second-order valence-electron chi connectivity index (χ2n) is 4.16. The van der Waals surface area contributed by atoms with Crippen LogP contribution in [-0.4, -0.2) is 21.0 Å². The maximum absolute atomic E-state index is 8.84. The van der Waals surface area contributed by atoms with Crippen molar-refractivity contribution < 1.29 is 5.21 Å². The van der Waals surface area contributed by atoms with Gasteiger partial charge in [-0.15, -0.1) is 0 Å². The molecule has 104 valence electrons. The lowest BCUT2D eigenvalue weighted by atomic mass is 10.2. The Bertz CT molecular complexity index is 655. The van der Waals surface area contributed by atoms with E-state index in [0.29, 0.717) is 15.7 Å². The lowest BCUT2D eigenvalue weighted by Gasteiger charge is -2.08. The van der Waals surface area contributed by atoms with E-state index in [-0.39, 0.29) is 5.84 Å². The third-order valence-electron chi connectivity index (χ3n) is 2.49. The van der Waals surface area contributed by atoms with E-state index < -0.39 is 0 Å². The molecule has 7 heteroatoms. The Morgan fingerprint density at radius 1 is 1.25 bits per heavy atom. The lowest BCUT2D eigenvalue weighted by molar-refractivity contribution is 0.318. The largest absolute Gasteiger partial charge is 0.409 e. The fraction of sp³-hybridized carbons (Fsp3) is 0.154. The Kier molecular flexibility index (Phi) is 4.46. The number of nitrogens with two attached hydrogens (primary N) is 1. The molecule has 0 aliphatic carbocycles. The number of hydrogen-bond acceptors (Lipinski definition) is 5. The summed E-state index contributed by atoms with van der Waals surface area (Å²) in [6, 6.07) is 7.07. The van der Waals surface area contributed by atoms with Gasteiger partial charge in [-0.25, -0.2) is 9.97 Å². The van der Waals surface area contributed by atoms with Crippen LogP contribution < -0.4 is 5.73 Å². The van der Waals surface area contributed by atoms with Crippen LogP contribution in [0.5, 0.6) is 0 Å². The van der Waals surface area contributed by atoms with Gasteiger partial charge in [-0.3, -0.25) is 0 Å². The Morgan fingerprint density at radius 2 is 1.90 bits per heavy atom. The Balaban J connectivity index is 2.43. The maximum Gasteiger partial charge on any atom is 0.192 e. The highest BCUT2D eigenvalue weighted by Gasteiger charge is 2.11. The first-order valence-electron chi connectivity index (χ1n) is 5.77. The molecule has 0 fully saturated rings. The molecular weight excluding hydrogens is 296 g/mol. The summed E-state index contributed by atoms with van der Waals surface area (Å²) < 4.78 is 0. The molecule has 3 N–H and O–H groups in total. The maximum atomic E-state index is 8.84. The standard InChI is InChI=1S/C13H13ClN4OS/c1-7-5-8(2)17-13(16-7)20-11-4-3-9(14)6-10(11)12(15)18-19/h3-6,19H,1-2H3,(H2,15,18). The van der Waals surface area contributed by atoms with Crippen LogP contribution in [0.2, 0.25) is 5.02 Å². The van der Waals surface area contributed by atoms with Crippen molar-refractivity contribution in [2.75, 3.05) is 0 Å². The summed E-state index contributed by atoms with van der Waals surface area (Å²) >= 11 is 7.28. The predicted molar refractivity (Wildman–Crippen MR) is 79.6 cm³/mol. The summed E-state index contributed by atoms with van der Waals surface area (Å²) in [5, 5.41) is 13.0. The first kappa shape index (κ1) is 14.6. The van der Waals surface area contributed by atoms with Crippen LogP contribution in [0.25, 0.3) is 0 Å². The van der Waals surface area contributed by atoms with Crippen LogP contribution in [0.3, 0.4) is 0 Å². The molecule has 1 aromatic carbocycles. The molecule has 1 aromatic heterocycles. The molecule has 5 nitrogen and oxygen atoms in total. The van der Waals surface area contributed by atoms with Gasteiger partial charge in [0.05, 0.1) is 0 Å². The predicted octanol–water partition coefficient (Wildman–Crippen LogP) is 2.99. The van der Waals surface area contributed by atoms with Gasteiger partial charge in [-0.1, -0.05) is 16.8 Å². The van der Waals surface area contributed by atoms with E-state index in [9.17, 15) is 0 Å². The van der Waals surface area contributed by atoms with Gasteiger partial charge in [0, 0.05) is 26.9 Å². The van der Waals surface area contributed by atoms with E-state index in [1.165, 1.54) is 11.8 Å². The van der Waals surface area contributed by atoms with Gasteiger partial charge in [-0.05, 0) is 49.9 Å².